The van der Waals surface area contributed by atoms with Crippen LogP contribution in [0.3, 0.4) is 0 Å². The number of thioether (sulfide) groups is 8. The van der Waals surface area contributed by atoms with Crippen molar-refractivity contribution in [3.05, 3.63) is 25.3 Å². The van der Waals surface area contributed by atoms with Gasteiger partial charge in [-0.3, -0.25) is 9.59 Å². The molecule has 2 heterocycles. The van der Waals surface area contributed by atoms with E-state index in [4.69, 9.17) is 0 Å². The predicted octanol–water partition coefficient (Wildman–Crippen LogP) is 6.08. The Hall–Kier alpha value is 1.62. The summed E-state index contributed by atoms with van der Waals surface area (Å²) in [6.45, 7) is 7.06. The third kappa shape index (κ3) is 11.9. The molecule has 4 unspecified atom stereocenters. The molecule has 0 bridgehead atoms. The zero-order chi connectivity index (χ0) is 20.9. The fourth-order valence-electron chi connectivity index (χ4n) is 2.46. The molecule has 0 spiro atoms. The van der Waals surface area contributed by atoms with Gasteiger partial charge in [-0.1, -0.05) is 36.7 Å². The molecule has 0 aromatic carbocycles. The van der Waals surface area contributed by atoms with Crippen molar-refractivity contribution in [2.45, 2.75) is 26.1 Å². The number of carbonyl (C=O) groups excluding carboxylic acids is 2. The van der Waals surface area contributed by atoms with Crippen molar-refractivity contribution in [2.75, 3.05) is 46.0 Å². The smallest absolute Gasteiger partial charge is 0.211 e. The highest BCUT2D eigenvalue weighted by atomic mass is 32.2. The Morgan fingerprint density at radius 3 is 1.66 bits per heavy atom. The highest BCUT2D eigenvalue weighted by Crippen LogP contribution is 2.42. The van der Waals surface area contributed by atoms with Gasteiger partial charge in [0, 0.05) is 45.0 Å². The maximum absolute atomic E-state index is 11.3. The topological polar surface area (TPSA) is 34.1 Å². The molecule has 0 saturated carbocycles. The van der Waals surface area contributed by atoms with E-state index in [0.717, 1.165) is 11.5 Å². The lowest BCUT2D eigenvalue weighted by Gasteiger charge is -2.10. The van der Waals surface area contributed by atoms with Gasteiger partial charge in [0.25, 0.3) is 0 Å². The van der Waals surface area contributed by atoms with Crippen LogP contribution in [0, 0.1) is 0 Å². The van der Waals surface area contributed by atoms with Gasteiger partial charge >= 0.3 is 0 Å². The fraction of sp³-hybridized carbons (Fsp3) is 0.684. The molecule has 2 rings (SSSR count). The third-order valence-corrected chi connectivity index (χ3v) is 16.0. The number of carbonyl (C=O) groups is 2. The van der Waals surface area contributed by atoms with E-state index >= 15 is 0 Å². The average Bonchev–Trinajstić information content (AvgIpc) is 3.38. The normalized spacial score (nSPS) is 26.5. The number of hydrogen-bond donors (Lipinski definition) is 0. The van der Waals surface area contributed by atoms with E-state index in [0.29, 0.717) is 19.7 Å². The van der Waals surface area contributed by atoms with E-state index in [1.165, 1.54) is 76.6 Å². The van der Waals surface area contributed by atoms with Crippen molar-refractivity contribution in [1.29, 1.82) is 0 Å². The SMILES string of the molecule is C=CC(=O)SCC1CSC(CSCCCSCC2SCC(CSC(=O)C=C)S2)S1. The van der Waals surface area contributed by atoms with Crippen molar-refractivity contribution in [3.63, 3.8) is 0 Å². The molecule has 164 valence electrons. The summed E-state index contributed by atoms with van der Waals surface area (Å²) >= 11 is 15.2. The van der Waals surface area contributed by atoms with Gasteiger partial charge in [-0.2, -0.15) is 23.5 Å². The minimum absolute atomic E-state index is 0.0949. The van der Waals surface area contributed by atoms with Crippen molar-refractivity contribution in [3.8, 4) is 0 Å². The molecule has 2 nitrogen and oxygen atoms in total. The predicted molar refractivity (Wildman–Crippen MR) is 150 cm³/mol. The van der Waals surface area contributed by atoms with E-state index in [9.17, 15) is 9.59 Å². The molecule has 2 aliphatic heterocycles. The molecular weight excluding hydrogens is 517 g/mol. The van der Waals surface area contributed by atoms with Crippen LogP contribution in [0.1, 0.15) is 6.42 Å². The van der Waals surface area contributed by atoms with Gasteiger partial charge in [-0.05, 0) is 30.1 Å². The van der Waals surface area contributed by atoms with Crippen molar-refractivity contribution in [2.24, 2.45) is 0 Å². The van der Waals surface area contributed by atoms with Crippen LogP contribution in [-0.4, -0.2) is 75.9 Å². The van der Waals surface area contributed by atoms with Crippen molar-refractivity contribution >= 4 is 104 Å². The first-order valence-electron chi connectivity index (χ1n) is 9.38. The van der Waals surface area contributed by atoms with Crippen LogP contribution in [0.5, 0.6) is 0 Å². The Morgan fingerprint density at radius 1 is 0.793 bits per heavy atom. The molecule has 29 heavy (non-hydrogen) atoms. The van der Waals surface area contributed by atoms with Gasteiger partial charge in [0.1, 0.15) is 0 Å². The van der Waals surface area contributed by atoms with Crippen LogP contribution >= 0.6 is 94.1 Å². The summed E-state index contributed by atoms with van der Waals surface area (Å²) in [5.74, 6) is 9.09. The maximum Gasteiger partial charge on any atom is 0.211 e. The Kier molecular flexibility index (Phi) is 15.1. The molecule has 0 amide bonds. The molecule has 2 aliphatic rings. The van der Waals surface area contributed by atoms with Crippen molar-refractivity contribution < 1.29 is 9.59 Å². The Bertz CT molecular complexity index is 498. The highest BCUT2D eigenvalue weighted by Gasteiger charge is 2.27. The maximum atomic E-state index is 11.3. The highest BCUT2D eigenvalue weighted by molar-refractivity contribution is 8.23. The molecule has 0 N–H and O–H groups in total. The van der Waals surface area contributed by atoms with Crippen LogP contribution in [-0.2, 0) is 9.59 Å². The summed E-state index contributed by atoms with van der Waals surface area (Å²) in [5.41, 5.74) is 0. The molecule has 10 heteroatoms. The van der Waals surface area contributed by atoms with Gasteiger partial charge in [-0.15, -0.1) is 47.0 Å². The molecule has 0 aromatic rings. The standard InChI is InChI=1S/C19H28O2S8/c1-3-16(20)24-8-14-10-26-18(28-14)12-22-6-5-7-23-13-19-27-11-15(29-19)9-25-17(21)4-2/h3-4,14-15,18-19H,1-2,5-13H2. The number of rotatable bonds is 14. The summed E-state index contributed by atoms with van der Waals surface area (Å²) in [6.07, 6.45) is 4.10. The Labute approximate surface area is 209 Å². The molecule has 0 aliphatic carbocycles. The second kappa shape index (κ2) is 16.3. The first kappa shape index (κ1) is 26.9. The minimum atomic E-state index is 0.0949. The van der Waals surface area contributed by atoms with E-state index in [1.54, 1.807) is 0 Å². The second-order valence-electron chi connectivity index (χ2n) is 6.21. The molecule has 0 radical (unpaired) electrons. The zero-order valence-electron chi connectivity index (χ0n) is 16.3. The lowest BCUT2D eigenvalue weighted by Crippen LogP contribution is -2.07. The molecule has 4 atom stereocenters. The van der Waals surface area contributed by atoms with E-state index in [1.807, 2.05) is 0 Å². The molecule has 0 aromatic heterocycles. The summed E-state index contributed by atoms with van der Waals surface area (Å²) in [7, 11) is 0. The Balaban J connectivity index is 1.40. The van der Waals surface area contributed by atoms with E-state index in [-0.39, 0.29) is 10.2 Å². The summed E-state index contributed by atoms with van der Waals surface area (Å²) in [4.78, 5) is 22.6. The van der Waals surface area contributed by atoms with Crippen molar-refractivity contribution in [1.82, 2.24) is 0 Å². The Morgan fingerprint density at radius 2 is 1.24 bits per heavy atom. The lowest BCUT2D eigenvalue weighted by molar-refractivity contribution is -0.107. The van der Waals surface area contributed by atoms with Crippen LogP contribution in [0.25, 0.3) is 0 Å². The van der Waals surface area contributed by atoms with Gasteiger partial charge in [0.2, 0.25) is 10.2 Å². The van der Waals surface area contributed by atoms with E-state index < -0.39 is 0 Å². The van der Waals surface area contributed by atoms with Gasteiger partial charge in [0.05, 0.1) is 9.16 Å². The van der Waals surface area contributed by atoms with Crippen LogP contribution in [0.4, 0.5) is 0 Å². The van der Waals surface area contributed by atoms with Crippen LogP contribution in [0.15, 0.2) is 25.3 Å². The van der Waals surface area contributed by atoms with Gasteiger partial charge in [-0.25, -0.2) is 0 Å². The van der Waals surface area contributed by atoms with Crippen LogP contribution in [0.2, 0.25) is 0 Å². The fourth-order valence-corrected chi connectivity index (χ4v) is 14.2. The number of hydrogen-bond acceptors (Lipinski definition) is 10. The monoisotopic (exact) mass is 544 g/mol. The first-order valence-corrected chi connectivity index (χ1v) is 17.6. The third-order valence-electron chi connectivity index (χ3n) is 3.87. The minimum Gasteiger partial charge on any atom is -0.282 e. The molecular formula is C19H28O2S8. The van der Waals surface area contributed by atoms with Gasteiger partial charge < -0.3 is 0 Å². The summed E-state index contributed by atoms with van der Waals surface area (Å²) in [5, 5.41) is 1.40. The first-order chi connectivity index (χ1) is 14.1. The lowest BCUT2D eigenvalue weighted by atomic mass is 10.5. The quantitative estimate of drug-likeness (QED) is 0.189. The summed E-state index contributed by atoms with van der Waals surface area (Å²) in [6, 6.07) is 0. The summed E-state index contributed by atoms with van der Waals surface area (Å²) < 4.78 is 1.37. The molecule has 2 fully saturated rings. The molecule has 2 saturated heterocycles. The van der Waals surface area contributed by atoms with Crippen LogP contribution < -0.4 is 0 Å². The zero-order valence-corrected chi connectivity index (χ0v) is 22.9. The average molecular weight is 545 g/mol. The largest absolute Gasteiger partial charge is 0.282 e. The van der Waals surface area contributed by atoms with Gasteiger partial charge in [0.15, 0.2) is 0 Å². The van der Waals surface area contributed by atoms with E-state index in [2.05, 4.69) is 83.7 Å². The second-order valence-corrected chi connectivity index (χ2v) is 16.6.